The Hall–Kier alpha value is -3.64. The molecule has 3 aromatic rings. The third kappa shape index (κ3) is 5.50. The van der Waals surface area contributed by atoms with E-state index in [0.29, 0.717) is 53.2 Å². The van der Waals surface area contributed by atoms with Crippen LogP contribution in [-0.4, -0.2) is 25.2 Å². The van der Waals surface area contributed by atoms with Gasteiger partial charge in [0.2, 0.25) is 0 Å². The Morgan fingerprint density at radius 3 is 2.61 bits per heavy atom. The Morgan fingerprint density at radius 2 is 1.88 bits per heavy atom. The van der Waals surface area contributed by atoms with Gasteiger partial charge in [-0.15, -0.1) is 0 Å². The van der Waals surface area contributed by atoms with E-state index in [-0.39, 0.29) is 17.5 Å². The molecule has 0 amide bonds. The van der Waals surface area contributed by atoms with Crippen LogP contribution in [0.3, 0.4) is 0 Å². The number of aliphatic hydroxyl groups is 1. The van der Waals surface area contributed by atoms with E-state index in [2.05, 4.69) is 21.4 Å². The minimum atomic E-state index is -3.48. The molecule has 1 aliphatic carbocycles. The van der Waals surface area contributed by atoms with Gasteiger partial charge in [0.1, 0.15) is 22.9 Å². The number of rotatable bonds is 1. The highest BCUT2D eigenvalue weighted by atomic mass is 19.3. The SMILES string of the molecule is Cc1nc2c3cc(C4(C#N)CC4)c(=O)n(c3n1)CCCCCC/C=C\CC(C)(O)C(F)(F)c1cccc(c1)[C@@H](C)N2. The van der Waals surface area contributed by atoms with Gasteiger partial charge in [-0.25, -0.2) is 9.97 Å². The average Bonchev–Trinajstić information content (AvgIpc) is 3.73. The van der Waals surface area contributed by atoms with Crippen LogP contribution in [0, 0.1) is 18.3 Å². The molecule has 3 heterocycles. The molecule has 41 heavy (non-hydrogen) atoms. The molecule has 2 N–H and O–H groups in total. The van der Waals surface area contributed by atoms with Crippen molar-refractivity contribution in [1.82, 2.24) is 14.5 Å². The third-order valence-electron chi connectivity index (χ3n) is 8.50. The molecule has 6 bridgehead atoms. The molecule has 1 unspecified atom stereocenters. The first-order valence-electron chi connectivity index (χ1n) is 14.5. The van der Waals surface area contributed by atoms with Crippen molar-refractivity contribution < 1.29 is 13.9 Å². The molecule has 7 nitrogen and oxygen atoms in total. The fraction of sp³-hybridized carbons (Fsp3) is 0.500. The number of nitriles is 1. The van der Waals surface area contributed by atoms with Crippen LogP contribution in [0.1, 0.15) is 93.8 Å². The molecule has 0 spiro atoms. The summed E-state index contributed by atoms with van der Waals surface area (Å²) in [6.07, 6.45) is 8.74. The summed E-state index contributed by atoms with van der Waals surface area (Å²) >= 11 is 0. The van der Waals surface area contributed by atoms with Crippen molar-refractivity contribution in [2.75, 3.05) is 5.32 Å². The molecule has 1 aromatic carbocycles. The summed E-state index contributed by atoms with van der Waals surface area (Å²) in [5, 5.41) is 24.7. The molecule has 2 aliphatic rings. The van der Waals surface area contributed by atoms with Gasteiger partial charge in [0.05, 0.1) is 16.9 Å². The lowest BCUT2D eigenvalue weighted by molar-refractivity contribution is -0.176. The first kappa shape index (κ1) is 28.9. The van der Waals surface area contributed by atoms with Crippen LogP contribution in [0.15, 0.2) is 47.3 Å². The average molecular weight is 562 g/mol. The van der Waals surface area contributed by atoms with Gasteiger partial charge in [-0.3, -0.25) is 9.36 Å². The fourth-order valence-electron chi connectivity index (χ4n) is 5.63. The summed E-state index contributed by atoms with van der Waals surface area (Å²) in [7, 11) is 0. The molecule has 216 valence electrons. The molecule has 9 heteroatoms. The number of aryl methyl sites for hydroxylation is 2. The number of allylic oxidation sites excluding steroid dienone is 1. The number of halogens is 2. The van der Waals surface area contributed by atoms with Crippen LogP contribution in [0.25, 0.3) is 11.0 Å². The molecule has 5 rings (SSSR count). The van der Waals surface area contributed by atoms with E-state index < -0.39 is 23.0 Å². The summed E-state index contributed by atoms with van der Waals surface area (Å²) in [5.41, 5.74) is -1.93. The minimum absolute atomic E-state index is 0.166. The molecule has 2 atom stereocenters. The minimum Gasteiger partial charge on any atom is -0.383 e. The number of hydrogen-bond donors (Lipinski definition) is 2. The molecule has 1 aliphatic heterocycles. The van der Waals surface area contributed by atoms with Gasteiger partial charge in [0.25, 0.3) is 5.56 Å². The number of alkyl halides is 2. The van der Waals surface area contributed by atoms with E-state index >= 15 is 8.78 Å². The Balaban J connectivity index is 1.64. The number of nitrogens with zero attached hydrogens (tertiary/aromatic N) is 4. The zero-order valence-corrected chi connectivity index (χ0v) is 23.9. The van der Waals surface area contributed by atoms with Crippen LogP contribution >= 0.6 is 0 Å². The lowest BCUT2D eigenvalue weighted by Crippen LogP contribution is -2.42. The Labute approximate surface area is 239 Å². The Morgan fingerprint density at radius 1 is 1.12 bits per heavy atom. The monoisotopic (exact) mass is 561 g/mol. The van der Waals surface area contributed by atoms with Crippen molar-refractivity contribution >= 4 is 16.9 Å². The van der Waals surface area contributed by atoms with Gasteiger partial charge in [0.15, 0.2) is 0 Å². The van der Waals surface area contributed by atoms with Crippen LogP contribution in [-0.2, 0) is 17.9 Å². The number of nitrogens with one attached hydrogen (secondary N) is 1. The van der Waals surface area contributed by atoms with Crippen molar-refractivity contribution in [3.8, 4) is 6.07 Å². The van der Waals surface area contributed by atoms with Gasteiger partial charge in [-0.05, 0) is 70.6 Å². The molecular weight excluding hydrogens is 524 g/mol. The predicted octanol–water partition coefficient (Wildman–Crippen LogP) is 6.58. The zero-order valence-electron chi connectivity index (χ0n) is 23.9. The largest absolute Gasteiger partial charge is 0.383 e. The normalized spacial score (nSPS) is 25.1. The van der Waals surface area contributed by atoms with Crippen molar-refractivity contribution in [2.24, 2.45) is 0 Å². The Bertz CT molecular complexity index is 1580. The number of benzene rings is 1. The maximum atomic E-state index is 15.6. The van der Waals surface area contributed by atoms with Crippen LogP contribution in [0.2, 0.25) is 0 Å². The third-order valence-corrected chi connectivity index (χ3v) is 8.50. The number of hydrogen-bond acceptors (Lipinski definition) is 6. The van der Waals surface area contributed by atoms with Gasteiger partial charge in [-0.2, -0.15) is 14.0 Å². The van der Waals surface area contributed by atoms with Gasteiger partial charge < -0.3 is 10.4 Å². The summed E-state index contributed by atoms with van der Waals surface area (Å²) < 4.78 is 32.9. The van der Waals surface area contributed by atoms with Gasteiger partial charge >= 0.3 is 5.92 Å². The highest BCUT2D eigenvalue weighted by Crippen LogP contribution is 2.47. The van der Waals surface area contributed by atoms with E-state index in [1.165, 1.54) is 19.1 Å². The lowest BCUT2D eigenvalue weighted by Gasteiger charge is -2.32. The maximum absolute atomic E-state index is 15.6. The first-order chi connectivity index (χ1) is 19.5. The van der Waals surface area contributed by atoms with Crippen LogP contribution in [0.5, 0.6) is 0 Å². The summed E-state index contributed by atoms with van der Waals surface area (Å²) in [4.78, 5) is 23.0. The molecule has 1 saturated carbocycles. The molecular formula is C32H37F2N5O2. The van der Waals surface area contributed by atoms with E-state index in [0.717, 1.165) is 32.1 Å². The number of anilines is 1. The summed E-state index contributed by atoms with van der Waals surface area (Å²) in [6.45, 7) is 5.26. The quantitative estimate of drug-likeness (QED) is 0.325. The molecule has 2 aromatic heterocycles. The summed E-state index contributed by atoms with van der Waals surface area (Å²) in [6, 6.07) is 9.75. The van der Waals surface area contributed by atoms with E-state index in [1.54, 1.807) is 35.8 Å². The molecule has 0 radical (unpaired) electrons. The van der Waals surface area contributed by atoms with Crippen LogP contribution in [0.4, 0.5) is 14.6 Å². The molecule has 0 saturated heterocycles. The molecule has 1 fully saturated rings. The fourth-order valence-corrected chi connectivity index (χ4v) is 5.63. The van der Waals surface area contributed by atoms with E-state index in [1.807, 2.05) is 13.0 Å². The highest BCUT2D eigenvalue weighted by Gasteiger charge is 2.50. The van der Waals surface area contributed by atoms with Crippen LogP contribution < -0.4 is 10.9 Å². The Kier molecular flexibility index (Phi) is 7.73. The first-order valence-corrected chi connectivity index (χ1v) is 14.5. The number of aromatic nitrogens is 3. The summed E-state index contributed by atoms with van der Waals surface area (Å²) in [5.74, 6) is -2.53. The topological polar surface area (TPSA) is 104 Å². The number of pyridine rings is 1. The number of fused-ring (bicyclic) bond motifs is 2. The predicted molar refractivity (Wildman–Crippen MR) is 155 cm³/mol. The maximum Gasteiger partial charge on any atom is 0.301 e. The second-order valence-electron chi connectivity index (χ2n) is 11.8. The van der Waals surface area contributed by atoms with Gasteiger partial charge in [-0.1, -0.05) is 43.2 Å². The van der Waals surface area contributed by atoms with Crippen molar-refractivity contribution in [3.05, 3.63) is 75.4 Å². The van der Waals surface area contributed by atoms with Crippen molar-refractivity contribution in [3.63, 3.8) is 0 Å². The zero-order chi connectivity index (χ0) is 29.4. The van der Waals surface area contributed by atoms with E-state index in [9.17, 15) is 15.2 Å². The second kappa shape index (κ2) is 11.0. The van der Waals surface area contributed by atoms with Crippen molar-refractivity contribution in [2.45, 2.75) is 102 Å². The van der Waals surface area contributed by atoms with E-state index in [4.69, 9.17) is 0 Å². The standard InChI is InChI=1S/C32H37F2N5O2/c1-21-23-12-11-13-24(18-23)32(33,34)30(3,41)14-9-7-5-4-6-8-10-17-39-28-25(27(36-21)37-22(2)38-28)19-26(29(39)40)31(20-35)15-16-31/h7,9,11-13,18-19,21,41H,4-6,8,10,14-17H2,1-3H3,(H,36,37,38)/b9-7-/t21-,30?/m1/s1. The lowest BCUT2D eigenvalue weighted by atomic mass is 9.87. The van der Waals surface area contributed by atoms with Gasteiger partial charge in [0, 0.05) is 30.1 Å². The highest BCUT2D eigenvalue weighted by molar-refractivity contribution is 5.88. The second-order valence-corrected chi connectivity index (χ2v) is 11.8. The van der Waals surface area contributed by atoms with Crippen molar-refractivity contribution in [1.29, 1.82) is 5.26 Å². The smallest absolute Gasteiger partial charge is 0.301 e.